The van der Waals surface area contributed by atoms with Gasteiger partial charge in [0, 0.05) is 17.7 Å². The minimum Gasteiger partial charge on any atom is -0.497 e. The maximum Gasteiger partial charge on any atom is 0.127 e. The van der Waals surface area contributed by atoms with Gasteiger partial charge in [-0.1, -0.05) is 26.8 Å². The van der Waals surface area contributed by atoms with Crippen LogP contribution in [0.3, 0.4) is 0 Å². The minimum absolute atomic E-state index is 0.362. The van der Waals surface area contributed by atoms with Crippen LogP contribution < -0.4 is 14.8 Å². The SMILES string of the molecule is CCNC(c1ccc(OC)cc1OC)C1CC1(C)C. The maximum atomic E-state index is 5.54. The van der Waals surface area contributed by atoms with Crippen LogP contribution in [0.1, 0.15) is 38.8 Å². The fourth-order valence-corrected chi connectivity index (χ4v) is 2.84. The van der Waals surface area contributed by atoms with Gasteiger partial charge in [-0.3, -0.25) is 0 Å². The van der Waals surface area contributed by atoms with Crippen LogP contribution in [0.25, 0.3) is 0 Å². The lowest BCUT2D eigenvalue weighted by molar-refractivity contribution is 0.369. The van der Waals surface area contributed by atoms with Crippen LogP contribution in [0.5, 0.6) is 11.5 Å². The van der Waals surface area contributed by atoms with Gasteiger partial charge in [-0.05, 0) is 30.4 Å². The smallest absolute Gasteiger partial charge is 0.127 e. The first-order valence-electron chi connectivity index (χ1n) is 6.98. The lowest BCUT2D eigenvalue weighted by atomic mass is 9.96. The second kappa shape index (κ2) is 5.41. The number of benzene rings is 1. The topological polar surface area (TPSA) is 30.5 Å². The van der Waals surface area contributed by atoms with Crippen molar-refractivity contribution < 1.29 is 9.47 Å². The van der Waals surface area contributed by atoms with Crippen molar-refractivity contribution in [3.8, 4) is 11.5 Å². The largest absolute Gasteiger partial charge is 0.497 e. The van der Waals surface area contributed by atoms with Gasteiger partial charge in [0.25, 0.3) is 0 Å². The van der Waals surface area contributed by atoms with Crippen molar-refractivity contribution in [3.05, 3.63) is 23.8 Å². The van der Waals surface area contributed by atoms with Crippen LogP contribution in [-0.2, 0) is 0 Å². The molecule has 1 aromatic rings. The van der Waals surface area contributed by atoms with Gasteiger partial charge in [-0.15, -0.1) is 0 Å². The van der Waals surface area contributed by atoms with E-state index in [-0.39, 0.29) is 0 Å². The van der Waals surface area contributed by atoms with Gasteiger partial charge < -0.3 is 14.8 Å². The molecule has 0 spiro atoms. The summed E-state index contributed by atoms with van der Waals surface area (Å²) in [5.41, 5.74) is 1.67. The molecule has 3 heteroatoms. The van der Waals surface area contributed by atoms with Gasteiger partial charge in [0.15, 0.2) is 0 Å². The zero-order valence-corrected chi connectivity index (χ0v) is 12.6. The van der Waals surface area contributed by atoms with E-state index in [0.717, 1.165) is 18.0 Å². The molecule has 0 saturated heterocycles. The summed E-state index contributed by atoms with van der Waals surface area (Å²) in [4.78, 5) is 0. The standard InChI is InChI=1S/C16H25NO2/c1-6-17-15(13-10-16(13,2)3)12-8-7-11(18-4)9-14(12)19-5/h7-9,13,15,17H,6,10H2,1-5H3. The van der Waals surface area contributed by atoms with Crippen molar-refractivity contribution in [1.82, 2.24) is 5.32 Å². The molecule has 0 aromatic heterocycles. The highest BCUT2D eigenvalue weighted by Crippen LogP contribution is 2.58. The molecule has 1 aliphatic rings. The lowest BCUT2D eigenvalue weighted by Gasteiger charge is -2.22. The second-order valence-electron chi connectivity index (χ2n) is 5.94. The quantitative estimate of drug-likeness (QED) is 0.853. The Labute approximate surface area is 116 Å². The summed E-state index contributed by atoms with van der Waals surface area (Å²) in [5.74, 6) is 2.42. The monoisotopic (exact) mass is 263 g/mol. The Morgan fingerprint density at radius 1 is 1.32 bits per heavy atom. The van der Waals surface area contributed by atoms with Crippen LogP contribution in [0.4, 0.5) is 0 Å². The van der Waals surface area contributed by atoms with Gasteiger partial charge in [0.05, 0.1) is 14.2 Å². The van der Waals surface area contributed by atoms with Gasteiger partial charge in [0.1, 0.15) is 11.5 Å². The number of hydrogen-bond acceptors (Lipinski definition) is 3. The first-order valence-corrected chi connectivity index (χ1v) is 6.98. The first-order chi connectivity index (χ1) is 9.03. The Morgan fingerprint density at radius 3 is 2.47 bits per heavy atom. The molecule has 2 rings (SSSR count). The van der Waals surface area contributed by atoms with Crippen molar-refractivity contribution in [1.29, 1.82) is 0 Å². The molecular formula is C16H25NO2. The van der Waals surface area contributed by atoms with Crippen molar-refractivity contribution in [3.63, 3.8) is 0 Å². The van der Waals surface area contributed by atoms with E-state index in [1.165, 1.54) is 12.0 Å². The highest BCUT2D eigenvalue weighted by molar-refractivity contribution is 5.43. The highest BCUT2D eigenvalue weighted by Gasteiger charge is 2.50. The average Bonchev–Trinajstić information content (AvgIpc) is 3.04. The predicted molar refractivity (Wildman–Crippen MR) is 77.9 cm³/mol. The Bertz CT molecular complexity index is 442. The zero-order valence-electron chi connectivity index (χ0n) is 12.6. The molecule has 3 nitrogen and oxygen atoms in total. The highest BCUT2D eigenvalue weighted by atomic mass is 16.5. The number of nitrogens with one attached hydrogen (secondary N) is 1. The molecule has 0 bridgehead atoms. The molecule has 1 saturated carbocycles. The zero-order chi connectivity index (χ0) is 14.0. The van der Waals surface area contributed by atoms with E-state index in [9.17, 15) is 0 Å². The number of hydrogen-bond donors (Lipinski definition) is 1. The van der Waals surface area contributed by atoms with E-state index in [2.05, 4.69) is 32.2 Å². The van der Waals surface area contributed by atoms with Gasteiger partial charge in [-0.25, -0.2) is 0 Å². The Hall–Kier alpha value is -1.22. The first kappa shape index (κ1) is 14.2. The van der Waals surface area contributed by atoms with E-state index in [4.69, 9.17) is 9.47 Å². The minimum atomic E-state index is 0.362. The predicted octanol–water partition coefficient (Wildman–Crippen LogP) is 3.40. The third kappa shape index (κ3) is 2.86. The molecule has 0 aliphatic heterocycles. The molecule has 106 valence electrons. The molecular weight excluding hydrogens is 238 g/mol. The number of ether oxygens (including phenoxy) is 2. The fraction of sp³-hybridized carbons (Fsp3) is 0.625. The third-order valence-corrected chi connectivity index (χ3v) is 4.19. The summed E-state index contributed by atoms with van der Waals surface area (Å²) in [6.07, 6.45) is 1.26. The lowest BCUT2D eigenvalue weighted by Crippen LogP contribution is -2.24. The summed E-state index contributed by atoms with van der Waals surface area (Å²) < 4.78 is 10.8. The molecule has 0 amide bonds. The molecule has 19 heavy (non-hydrogen) atoms. The molecule has 1 aromatic carbocycles. The van der Waals surface area contributed by atoms with Crippen LogP contribution >= 0.6 is 0 Å². The van der Waals surface area contributed by atoms with Crippen molar-refractivity contribution in [2.45, 2.75) is 33.2 Å². The van der Waals surface area contributed by atoms with E-state index in [1.54, 1.807) is 14.2 Å². The van der Waals surface area contributed by atoms with E-state index in [0.29, 0.717) is 17.4 Å². The summed E-state index contributed by atoms with van der Waals surface area (Å²) in [6, 6.07) is 6.47. The summed E-state index contributed by atoms with van der Waals surface area (Å²) in [7, 11) is 3.40. The van der Waals surface area contributed by atoms with Gasteiger partial charge in [0.2, 0.25) is 0 Å². The number of rotatable bonds is 6. The normalized spacial score (nSPS) is 21.8. The van der Waals surface area contributed by atoms with Crippen molar-refractivity contribution in [2.24, 2.45) is 11.3 Å². The molecule has 0 radical (unpaired) electrons. The van der Waals surface area contributed by atoms with Crippen LogP contribution in [0.2, 0.25) is 0 Å². The van der Waals surface area contributed by atoms with E-state index in [1.807, 2.05) is 12.1 Å². The Kier molecular flexibility index (Phi) is 4.04. The van der Waals surface area contributed by atoms with Crippen molar-refractivity contribution in [2.75, 3.05) is 20.8 Å². The second-order valence-corrected chi connectivity index (χ2v) is 5.94. The molecule has 2 unspecified atom stereocenters. The molecule has 2 atom stereocenters. The molecule has 1 aliphatic carbocycles. The van der Waals surface area contributed by atoms with Crippen molar-refractivity contribution >= 4 is 0 Å². The number of methoxy groups -OCH3 is 2. The van der Waals surface area contributed by atoms with E-state index >= 15 is 0 Å². The third-order valence-electron chi connectivity index (χ3n) is 4.19. The molecule has 0 heterocycles. The maximum absolute atomic E-state index is 5.54. The Balaban J connectivity index is 2.31. The fourth-order valence-electron chi connectivity index (χ4n) is 2.84. The Morgan fingerprint density at radius 2 is 2.00 bits per heavy atom. The summed E-state index contributed by atoms with van der Waals surface area (Å²) >= 11 is 0. The molecule has 1 N–H and O–H groups in total. The van der Waals surface area contributed by atoms with E-state index < -0.39 is 0 Å². The summed E-state index contributed by atoms with van der Waals surface area (Å²) in [5, 5.41) is 3.61. The van der Waals surface area contributed by atoms with Crippen LogP contribution in [-0.4, -0.2) is 20.8 Å². The summed E-state index contributed by atoms with van der Waals surface area (Å²) in [6.45, 7) is 7.78. The van der Waals surface area contributed by atoms with Crippen LogP contribution in [0, 0.1) is 11.3 Å². The van der Waals surface area contributed by atoms with Gasteiger partial charge >= 0.3 is 0 Å². The molecule has 1 fully saturated rings. The average molecular weight is 263 g/mol. The van der Waals surface area contributed by atoms with Crippen LogP contribution in [0.15, 0.2) is 18.2 Å². The van der Waals surface area contributed by atoms with Gasteiger partial charge in [-0.2, -0.15) is 0 Å².